The molecule has 1 saturated heterocycles. The van der Waals surface area contributed by atoms with Gasteiger partial charge in [-0.3, -0.25) is 9.58 Å². The van der Waals surface area contributed by atoms with E-state index in [4.69, 9.17) is 9.26 Å². The topological polar surface area (TPSA) is 69.2 Å². The van der Waals surface area contributed by atoms with E-state index in [9.17, 15) is 0 Å². The third-order valence-electron chi connectivity index (χ3n) is 5.70. The van der Waals surface area contributed by atoms with Gasteiger partial charge >= 0.3 is 0 Å². The van der Waals surface area contributed by atoms with E-state index in [1.165, 1.54) is 24.0 Å². The Kier molecular flexibility index (Phi) is 6.24. The van der Waals surface area contributed by atoms with Gasteiger partial charge in [-0.25, -0.2) is 0 Å². The Balaban J connectivity index is 1.29. The summed E-state index contributed by atoms with van der Waals surface area (Å²) in [6.45, 7) is 5.82. The van der Waals surface area contributed by atoms with Gasteiger partial charge in [0.1, 0.15) is 5.75 Å². The highest BCUT2D eigenvalue weighted by Crippen LogP contribution is 2.25. The molecule has 29 heavy (non-hydrogen) atoms. The van der Waals surface area contributed by atoms with Crippen LogP contribution in [0.5, 0.6) is 5.75 Å². The molecule has 0 saturated carbocycles. The molecule has 7 nitrogen and oxygen atoms in total. The molecule has 154 valence electrons. The predicted octanol–water partition coefficient (Wildman–Crippen LogP) is 3.48. The normalized spacial score (nSPS) is 15.7. The third kappa shape index (κ3) is 5.23. The molecule has 0 radical (unpaired) electrons. The first-order chi connectivity index (χ1) is 14.2. The van der Waals surface area contributed by atoms with Gasteiger partial charge in [0.2, 0.25) is 5.89 Å². The average Bonchev–Trinajstić information content (AvgIpc) is 3.39. The zero-order valence-electron chi connectivity index (χ0n) is 17.3. The second kappa shape index (κ2) is 9.22. The predicted molar refractivity (Wildman–Crippen MR) is 110 cm³/mol. The van der Waals surface area contributed by atoms with Crippen LogP contribution < -0.4 is 4.74 Å². The van der Waals surface area contributed by atoms with Crippen LogP contribution in [-0.2, 0) is 19.5 Å². The molecule has 1 fully saturated rings. The van der Waals surface area contributed by atoms with Crippen molar-refractivity contribution in [2.75, 3.05) is 20.2 Å². The third-order valence-corrected chi connectivity index (χ3v) is 5.70. The van der Waals surface area contributed by atoms with Gasteiger partial charge in [-0.2, -0.15) is 10.1 Å². The van der Waals surface area contributed by atoms with Gasteiger partial charge in [0, 0.05) is 37.8 Å². The number of aromatic nitrogens is 4. The van der Waals surface area contributed by atoms with Crippen molar-refractivity contribution in [1.29, 1.82) is 0 Å². The minimum Gasteiger partial charge on any atom is -0.496 e. The van der Waals surface area contributed by atoms with E-state index in [0.29, 0.717) is 5.89 Å². The number of rotatable bonds is 8. The molecule has 0 unspecified atom stereocenters. The molecule has 3 heterocycles. The first-order valence-corrected chi connectivity index (χ1v) is 10.3. The summed E-state index contributed by atoms with van der Waals surface area (Å²) in [5.41, 5.74) is 2.49. The maximum atomic E-state index is 5.55. The van der Waals surface area contributed by atoms with Crippen LogP contribution in [0.3, 0.4) is 0 Å². The fourth-order valence-corrected chi connectivity index (χ4v) is 4.09. The van der Waals surface area contributed by atoms with E-state index in [0.717, 1.165) is 56.5 Å². The van der Waals surface area contributed by atoms with E-state index in [-0.39, 0.29) is 0 Å². The van der Waals surface area contributed by atoms with E-state index in [2.05, 4.69) is 38.3 Å². The van der Waals surface area contributed by atoms with Crippen molar-refractivity contribution < 1.29 is 9.26 Å². The van der Waals surface area contributed by atoms with Gasteiger partial charge < -0.3 is 9.26 Å². The number of likely N-dealkylation sites (tertiary alicyclic amines) is 1. The SMILES string of the molecule is COc1ccc(CN2CCC(CCc3noc(C)n3)CC2)cc1Cn1cccn1. The summed E-state index contributed by atoms with van der Waals surface area (Å²) < 4.78 is 12.5. The second-order valence-corrected chi connectivity index (χ2v) is 7.84. The molecule has 0 aliphatic carbocycles. The van der Waals surface area contributed by atoms with Gasteiger partial charge in [-0.05, 0) is 62.0 Å². The lowest BCUT2D eigenvalue weighted by molar-refractivity contribution is 0.172. The van der Waals surface area contributed by atoms with E-state index in [1.807, 2.05) is 23.9 Å². The quantitative estimate of drug-likeness (QED) is 0.582. The van der Waals surface area contributed by atoms with Crippen LogP contribution >= 0.6 is 0 Å². The summed E-state index contributed by atoms with van der Waals surface area (Å²) in [5.74, 6) is 3.16. The van der Waals surface area contributed by atoms with Crippen LogP contribution in [0.2, 0.25) is 0 Å². The summed E-state index contributed by atoms with van der Waals surface area (Å²) in [6.07, 6.45) is 8.30. The Hall–Kier alpha value is -2.67. The number of hydrogen-bond acceptors (Lipinski definition) is 6. The lowest BCUT2D eigenvalue weighted by Gasteiger charge is -2.32. The van der Waals surface area contributed by atoms with Gasteiger partial charge in [-0.15, -0.1) is 0 Å². The fourth-order valence-electron chi connectivity index (χ4n) is 4.09. The molecule has 7 heteroatoms. The monoisotopic (exact) mass is 395 g/mol. The largest absolute Gasteiger partial charge is 0.496 e. The smallest absolute Gasteiger partial charge is 0.223 e. The molecule has 2 aromatic heterocycles. The highest BCUT2D eigenvalue weighted by molar-refractivity contribution is 5.37. The molecule has 1 aliphatic rings. The lowest BCUT2D eigenvalue weighted by atomic mass is 9.92. The van der Waals surface area contributed by atoms with Crippen LogP contribution in [0.4, 0.5) is 0 Å². The molecular weight excluding hydrogens is 366 g/mol. The molecule has 0 bridgehead atoms. The molecule has 0 N–H and O–H groups in total. The number of ether oxygens (including phenoxy) is 1. The highest BCUT2D eigenvalue weighted by Gasteiger charge is 2.20. The van der Waals surface area contributed by atoms with Crippen molar-refractivity contribution in [3.8, 4) is 5.75 Å². The van der Waals surface area contributed by atoms with Gasteiger partial charge in [-0.1, -0.05) is 11.2 Å². The number of aryl methyl sites for hydroxylation is 2. The molecule has 1 aliphatic heterocycles. The van der Waals surface area contributed by atoms with Crippen LogP contribution in [0, 0.1) is 12.8 Å². The number of methoxy groups -OCH3 is 1. The van der Waals surface area contributed by atoms with Crippen molar-refractivity contribution in [2.45, 2.75) is 45.7 Å². The fraction of sp³-hybridized carbons (Fsp3) is 0.500. The van der Waals surface area contributed by atoms with Gasteiger partial charge in [0.05, 0.1) is 13.7 Å². The maximum Gasteiger partial charge on any atom is 0.223 e. The van der Waals surface area contributed by atoms with Crippen LogP contribution in [0.1, 0.15) is 42.1 Å². The second-order valence-electron chi connectivity index (χ2n) is 7.84. The first-order valence-electron chi connectivity index (χ1n) is 10.3. The number of nitrogens with zero attached hydrogens (tertiary/aromatic N) is 5. The average molecular weight is 396 g/mol. The first kappa shape index (κ1) is 19.6. The standard InChI is InChI=1S/C22H29N5O2/c1-17-24-22(25-29-17)7-5-18-8-12-26(13-9-18)15-19-4-6-21(28-2)20(14-19)16-27-11-3-10-23-27/h3-4,6,10-11,14,18H,5,7-9,12-13,15-16H2,1-2H3. The van der Waals surface area contributed by atoms with Crippen molar-refractivity contribution in [3.05, 3.63) is 59.5 Å². The molecular formula is C22H29N5O2. The summed E-state index contributed by atoms with van der Waals surface area (Å²) in [5, 5.41) is 8.32. The minimum absolute atomic E-state index is 0.654. The molecule has 0 atom stereocenters. The molecule has 0 spiro atoms. The number of benzene rings is 1. The zero-order valence-corrected chi connectivity index (χ0v) is 17.3. The Morgan fingerprint density at radius 3 is 2.76 bits per heavy atom. The van der Waals surface area contributed by atoms with Gasteiger partial charge in [0.15, 0.2) is 5.82 Å². The summed E-state index contributed by atoms with van der Waals surface area (Å²) in [6, 6.07) is 8.45. The van der Waals surface area contributed by atoms with E-state index in [1.54, 1.807) is 13.3 Å². The van der Waals surface area contributed by atoms with Crippen LogP contribution in [0.25, 0.3) is 0 Å². The van der Waals surface area contributed by atoms with Crippen molar-refractivity contribution >= 4 is 0 Å². The molecule has 3 aromatic rings. The van der Waals surface area contributed by atoms with Crippen molar-refractivity contribution in [2.24, 2.45) is 5.92 Å². The molecule has 1 aromatic carbocycles. The summed E-state index contributed by atoms with van der Waals surface area (Å²) >= 11 is 0. The van der Waals surface area contributed by atoms with Crippen LogP contribution in [-0.4, -0.2) is 45.0 Å². The Labute approximate surface area is 171 Å². The minimum atomic E-state index is 0.654. The summed E-state index contributed by atoms with van der Waals surface area (Å²) in [4.78, 5) is 6.86. The van der Waals surface area contributed by atoms with Gasteiger partial charge in [0.25, 0.3) is 0 Å². The Morgan fingerprint density at radius 2 is 2.07 bits per heavy atom. The van der Waals surface area contributed by atoms with Crippen molar-refractivity contribution in [1.82, 2.24) is 24.8 Å². The highest BCUT2D eigenvalue weighted by atomic mass is 16.5. The lowest BCUT2D eigenvalue weighted by Crippen LogP contribution is -2.33. The Bertz CT molecular complexity index is 898. The number of hydrogen-bond donors (Lipinski definition) is 0. The van der Waals surface area contributed by atoms with Crippen molar-refractivity contribution in [3.63, 3.8) is 0 Å². The summed E-state index contributed by atoms with van der Waals surface area (Å²) in [7, 11) is 1.72. The molecule has 4 rings (SSSR count). The van der Waals surface area contributed by atoms with E-state index < -0.39 is 0 Å². The number of piperidine rings is 1. The maximum absolute atomic E-state index is 5.55. The van der Waals surface area contributed by atoms with E-state index >= 15 is 0 Å². The zero-order chi connectivity index (χ0) is 20.1. The Morgan fingerprint density at radius 1 is 1.21 bits per heavy atom. The molecule has 0 amide bonds. The van der Waals surface area contributed by atoms with Crippen LogP contribution in [0.15, 0.2) is 41.2 Å².